The number of anilines is 1. The second kappa shape index (κ2) is 8.57. The van der Waals surface area contributed by atoms with Crippen LogP contribution in [0.3, 0.4) is 0 Å². The molecule has 2 aromatic carbocycles. The van der Waals surface area contributed by atoms with E-state index in [1.165, 1.54) is 6.07 Å². The number of ether oxygens (including phenoxy) is 1. The molecule has 4 rings (SSSR count). The Morgan fingerprint density at radius 3 is 2.60 bits per heavy atom. The zero-order valence-electron chi connectivity index (χ0n) is 17.1. The molecule has 1 aliphatic heterocycles. The Morgan fingerprint density at radius 1 is 1.13 bits per heavy atom. The third kappa shape index (κ3) is 3.87. The summed E-state index contributed by atoms with van der Waals surface area (Å²) in [7, 11) is 1.64. The fourth-order valence-electron chi connectivity index (χ4n) is 3.61. The molecule has 2 heterocycles. The molecule has 1 aromatic heterocycles. The molecule has 1 saturated heterocycles. The highest BCUT2D eigenvalue weighted by Crippen LogP contribution is 2.29. The molecule has 1 aliphatic rings. The number of halogens is 1. The highest BCUT2D eigenvalue weighted by Gasteiger charge is 2.29. The van der Waals surface area contributed by atoms with Crippen LogP contribution in [0.2, 0.25) is 0 Å². The minimum Gasteiger partial charge on any atom is -0.497 e. The smallest absolute Gasteiger partial charge is 0.292 e. The molecule has 0 atom stereocenters. The second-order valence-electron chi connectivity index (χ2n) is 7.10. The zero-order valence-corrected chi connectivity index (χ0v) is 17.1. The summed E-state index contributed by atoms with van der Waals surface area (Å²) in [4.78, 5) is 21.5. The number of piperazine rings is 1. The Bertz CT molecular complexity index is 1040. The van der Waals surface area contributed by atoms with E-state index in [-0.39, 0.29) is 22.9 Å². The standard InChI is InChI=1S/C23H24FN3O3/c1-3-20-25-21(18-9-4-5-10-19(18)24)22(30-20)23(28)27-13-11-26(12-14-27)16-7-6-8-17(15-16)29-2/h4-10,15H,3,11-14H2,1-2H3. The number of nitrogens with zero attached hydrogens (tertiary/aromatic N) is 3. The van der Waals surface area contributed by atoms with Crippen molar-refractivity contribution in [2.45, 2.75) is 13.3 Å². The predicted molar refractivity (Wildman–Crippen MR) is 112 cm³/mol. The molecule has 0 aliphatic carbocycles. The normalized spacial score (nSPS) is 14.1. The van der Waals surface area contributed by atoms with E-state index in [0.717, 1.165) is 11.4 Å². The van der Waals surface area contributed by atoms with Gasteiger partial charge in [-0.05, 0) is 24.3 Å². The van der Waals surface area contributed by atoms with Gasteiger partial charge in [-0.3, -0.25) is 4.79 Å². The van der Waals surface area contributed by atoms with Gasteiger partial charge in [0.1, 0.15) is 17.3 Å². The van der Waals surface area contributed by atoms with E-state index in [4.69, 9.17) is 9.15 Å². The number of hydrogen-bond acceptors (Lipinski definition) is 5. The lowest BCUT2D eigenvalue weighted by atomic mass is 10.1. The van der Waals surface area contributed by atoms with Crippen molar-refractivity contribution in [3.63, 3.8) is 0 Å². The number of oxazole rings is 1. The van der Waals surface area contributed by atoms with Crippen molar-refractivity contribution in [1.82, 2.24) is 9.88 Å². The first-order chi connectivity index (χ1) is 14.6. The third-order valence-corrected chi connectivity index (χ3v) is 5.28. The SMILES string of the molecule is CCc1nc(-c2ccccc2F)c(C(=O)N2CCN(c3cccc(OC)c3)CC2)o1. The van der Waals surface area contributed by atoms with Gasteiger partial charge in [0.2, 0.25) is 5.76 Å². The van der Waals surface area contributed by atoms with Crippen molar-refractivity contribution in [1.29, 1.82) is 0 Å². The number of rotatable bonds is 5. The Morgan fingerprint density at radius 2 is 1.90 bits per heavy atom. The molecule has 156 valence electrons. The lowest BCUT2D eigenvalue weighted by Gasteiger charge is -2.35. The number of aromatic nitrogens is 1. The number of aryl methyl sites for hydroxylation is 1. The van der Waals surface area contributed by atoms with Crippen LogP contribution in [0.15, 0.2) is 52.9 Å². The first kappa shape index (κ1) is 19.9. The van der Waals surface area contributed by atoms with Gasteiger partial charge in [0, 0.05) is 49.9 Å². The van der Waals surface area contributed by atoms with Gasteiger partial charge in [-0.2, -0.15) is 0 Å². The van der Waals surface area contributed by atoms with Crippen molar-refractivity contribution in [3.05, 3.63) is 66.0 Å². The largest absolute Gasteiger partial charge is 0.497 e. The van der Waals surface area contributed by atoms with Gasteiger partial charge in [0.05, 0.1) is 7.11 Å². The molecule has 0 spiro atoms. The van der Waals surface area contributed by atoms with Crippen LogP contribution in [-0.2, 0) is 6.42 Å². The molecule has 30 heavy (non-hydrogen) atoms. The van der Waals surface area contributed by atoms with E-state index in [1.807, 2.05) is 31.2 Å². The predicted octanol–water partition coefficient (Wildman–Crippen LogP) is 4.01. The topological polar surface area (TPSA) is 58.8 Å². The summed E-state index contributed by atoms with van der Waals surface area (Å²) in [6.07, 6.45) is 0.526. The van der Waals surface area contributed by atoms with E-state index >= 15 is 0 Å². The molecule has 0 bridgehead atoms. The Balaban J connectivity index is 1.53. The van der Waals surface area contributed by atoms with Crippen LogP contribution in [0.1, 0.15) is 23.4 Å². The van der Waals surface area contributed by atoms with E-state index in [1.54, 1.807) is 30.2 Å². The Hall–Kier alpha value is -3.35. The first-order valence-corrected chi connectivity index (χ1v) is 10.0. The van der Waals surface area contributed by atoms with Gasteiger partial charge in [-0.15, -0.1) is 0 Å². The fourth-order valence-corrected chi connectivity index (χ4v) is 3.61. The minimum absolute atomic E-state index is 0.104. The van der Waals surface area contributed by atoms with E-state index in [0.29, 0.717) is 38.5 Å². The maximum Gasteiger partial charge on any atom is 0.292 e. The van der Waals surface area contributed by atoms with Gasteiger partial charge in [-0.25, -0.2) is 9.37 Å². The van der Waals surface area contributed by atoms with Crippen molar-refractivity contribution in [3.8, 4) is 17.0 Å². The van der Waals surface area contributed by atoms with Crippen molar-refractivity contribution >= 4 is 11.6 Å². The average Bonchev–Trinajstić information content (AvgIpc) is 3.23. The average molecular weight is 409 g/mol. The Labute approximate surface area is 174 Å². The molecule has 6 nitrogen and oxygen atoms in total. The third-order valence-electron chi connectivity index (χ3n) is 5.28. The van der Waals surface area contributed by atoms with Gasteiger partial charge < -0.3 is 19.0 Å². The molecule has 0 N–H and O–H groups in total. The summed E-state index contributed by atoms with van der Waals surface area (Å²) in [6.45, 7) is 4.33. The van der Waals surface area contributed by atoms with E-state index in [2.05, 4.69) is 9.88 Å². The molecule has 0 radical (unpaired) electrons. The van der Waals surface area contributed by atoms with Crippen LogP contribution >= 0.6 is 0 Å². The number of benzene rings is 2. The van der Waals surface area contributed by atoms with Gasteiger partial charge >= 0.3 is 0 Å². The monoisotopic (exact) mass is 409 g/mol. The molecular weight excluding hydrogens is 385 g/mol. The summed E-state index contributed by atoms with van der Waals surface area (Å²) in [5, 5.41) is 0. The lowest BCUT2D eigenvalue weighted by molar-refractivity contribution is 0.0714. The maximum atomic E-state index is 14.4. The van der Waals surface area contributed by atoms with Gasteiger partial charge in [0.25, 0.3) is 5.91 Å². The van der Waals surface area contributed by atoms with E-state index < -0.39 is 5.82 Å². The van der Waals surface area contributed by atoms with Crippen LogP contribution < -0.4 is 9.64 Å². The highest BCUT2D eigenvalue weighted by molar-refractivity contribution is 5.97. The van der Waals surface area contributed by atoms with Crippen LogP contribution in [0, 0.1) is 5.82 Å². The van der Waals surface area contributed by atoms with Crippen LogP contribution in [0.5, 0.6) is 5.75 Å². The summed E-state index contributed by atoms with van der Waals surface area (Å²) in [6, 6.07) is 14.2. The number of hydrogen-bond donors (Lipinski definition) is 0. The van der Waals surface area contributed by atoms with Crippen LogP contribution in [0.25, 0.3) is 11.3 Å². The van der Waals surface area contributed by atoms with Crippen molar-refractivity contribution < 1.29 is 18.3 Å². The number of carbonyl (C=O) groups is 1. The molecule has 1 amide bonds. The molecule has 0 saturated carbocycles. The van der Waals surface area contributed by atoms with Crippen molar-refractivity contribution in [2.75, 3.05) is 38.2 Å². The van der Waals surface area contributed by atoms with Gasteiger partial charge in [-0.1, -0.05) is 25.1 Å². The quantitative estimate of drug-likeness (QED) is 0.637. The molecule has 1 fully saturated rings. The molecule has 0 unspecified atom stereocenters. The minimum atomic E-state index is -0.426. The lowest BCUT2D eigenvalue weighted by Crippen LogP contribution is -2.48. The number of amides is 1. The van der Waals surface area contributed by atoms with Crippen LogP contribution in [0.4, 0.5) is 10.1 Å². The second-order valence-corrected chi connectivity index (χ2v) is 7.10. The molecule has 7 heteroatoms. The first-order valence-electron chi connectivity index (χ1n) is 10.0. The van der Waals surface area contributed by atoms with Crippen LogP contribution in [-0.4, -0.2) is 49.1 Å². The highest BCUT2D eigenvalue weighted by atomic mass is 19.1. The summed E-state index contributed by atoms with van der Waals surface area (Å²) in [5.41, 5.74) is 1.60. The summed E-state index contributed by atoms with van der Waals surface area (Å²) < 4.78 is 25.4. The fraction of sp³-hybridized carbons (Fsp3) is 0.304. The zero-order chi connectivity index (χ0) is 21.1. The summed E-state index contributed by atoms with van der Waals surface area (Å²) >= 11 is 0. The molecular formula is C23H24FN3O3. The van der Waals surface area contributed by atoms with Crippen molar-refractivity contribution in [2.24, 2.45) is 0 Å². The maximum absolute atomic E-state index is 14.4. The van der Waals surface area contributed by atoms with E-state index in [9.17, 15) is 9.18 Å². The number of methoxy groups -OCH3 is 1. The number of carbonyl (C=O) groups excluding carboxylic acids is 1. The Kier molecular flexibility index (Phi) is 5.70. The summed E-state index contributed by atoms with van der Waals surface area (Å²) in [5.74, 6) is 0.642. The molecule has 3 aromatic rings. The van der Waals surface area contributed by atoms with Gasteiger partial charge in [0.15, 0.2) is 5.89 Å².